The van der Waals surface area contributed by atoms with Gasteiger partial charge in [-0.15, -0.1) is 0 Å². The molecule has 2 fully saturated rings. The van der Waals surface area contributed by atoms with Crippen LogP contribution in [0.3, 0.4) is 0 Å². The molecule has 0 aliphatic heterocycles. The molecule has 2 rings (SSSR count). The molecule has 0 heteroatoms. The highest BCUT2D eigenvalue weighted by molar-refractivity contribution is 4.88. The number of unbranched alkanes of at least 4 members (excludes halogenated alkanes) is 7. The van der Waals surface area contributed by atoms with E-state index in [0.29, 0.717) is 0 Å². The van der Waals surface area contributed by atoms with Crippen LogP contribution in [0.2, 0.25) is 0 Å². The summed E-state index contributed by atoms with van der Waals surface area (Å²) in [6.45, 7) is 2.31. The lowest BCUT2D eigenvalue weighted by atomic mass is 9.85. The van der Waals surface area contributed by atoms with Gasteiger partial charge < -0.3 is 0 Å². The van der Waals surface area contributed by atoms with E-state index >= 15 is 0 Å². The Labute approximate surface area is 165 Å². The first-order valence-electron chi connectivity index (χ1n) is 12.5. The normalized spacial score (nSPS) is 24.7. The average Bonchev–Trinajstić information content (AvgIpc) is 3.12. The van der Waals surface area contributed by atoms with Gasteiger partial charge in [0.2, 0.25) is 0 Å². The zero-order valence-electron chi connectivity index (χ0n) is 18.0. The third kappa shape index (κ3) is 9.61. The molecule has 0 nitrogen and oxygen atoms in total. The molecule has 0 radical (unpaired) electrons. The molecule has 2 aliphatic rings. The smallest absolute Gasteiger partial charge is 0.0320 e. The minimum absolute atomic E-state index is 1.02. The van der Waals surface area contributed by atoms with E-state index in [1.165, 1.54) is 128 Å². The summed E-state index contributed by atoms with van der Waals surface area (Å²) < 4.78 is 0. The van der Waals surface area contributed by atoms with Crippen molar-refractivity contribution in [2.75, 3.05) is 0 Å². The van der Waals surface area contributed by atoms with Crippen LogP contribution in [0, 0.1) is 17.8 Å². The molecule has 2 aliphatic carbocycles. The minimum Gasteiger partial charge on any atom is -0.0885 e. The predicted octanol–water partition coefficient (Wildman–Crippen LogP) is 9.24. The Bertz CT molecular complexity index is 336. The van der Waals surface area contributed by atoms with E-state index in [2.05, 4.69) is 19.1 Å². The lowest BCUT2D eigenvalue weighted by molar-refractivity contribution is 0.330. The fourth-order valence-corrected chi connectivity index (χ4v) is 5.55. The van der Waals surface area contributed by atoms with Crippen LogP contribution in [-0.2, 0) is 0 Å². The van der Waals surface area contributed by atoms with Gasteiger partial charge in [-0.1, -0.05) is 122 Å². The van der Waals surface area contributed by atoms with Gasteiger partial charge in [-0.3, -0.25) is 0 Å². The maximum Gasteiger partial charge on any atom is -0.0320 e. The molecule has 152 valence electrons. The first kappa shape index (κ1) is 22.0. The van der Waals surface area contributed by atoms with E-state index in [1.807, 2.05) is 0 Å². The second-order valence-corrected chi connectivity index (χ2v) is 9.50. The van der Waals surface area contributed by atoms with Crippen molar-refractivity contribution in [1.82, 2.24) is 0 Å². The van der Waals surface area contributed by atoms with E-state index in [1.54, 1.807) is 0 Å². The molecule has 2 atom stereocenters. The monoisotopic (exact) mass is 360 g/mol. The third-order valence-corrected chi connectivity index (χ3v) is 7.31. The van der Waals surface area contributed by atoms with Gasteiger partial charge in [0.15, 0.2) is 0 Å². The number of rotatable bonds is 14. The molecular weight excluding hydrogens is 312 g/mol. The van der Waals surface area contributed by atoms with Crippen LogP contribution in [0.25, 0.3) is 0 Å². The van der Waals surface area contributed by atoms with Crippen molar-refractivity contribution >= 4 is 0 Å². The SMILES string of the molecule is CCCCCCCC[C@H]1CCC[C@@H]1CC=CCCCCC1CCCCC1. The lowest BCUT2D eigenvalue weighted by Crippen LogP contribution is -2.07. The lowest BCUT2D eigenvalue weighted by Gasteiger charge is -2.21. The van der Waals surface area contributed by atoms with Crippen LogP contribution in [0.5, 0.6) is 0 Å². The molecular formula is C26H48. The van der Waals surface area contributed by atoms with Crippen molar-refractivity contribution in [2.45, 2.75) is 135 Å². The first-order chi connectivity index (χ1) is 12.9. The molecule has 0 N–H and O–H groups in total. The topological polar surface area (TPSA) is 0 Å². The molecule has 0 amide bonds. The molecule has 0 aromatic heterocycles. The fraction of sp³-hybridized carbons (Fsp3) is 0.923. The van der Waals surface area contributed by atoms with E-state index in [0.717, 1.165) is 17.8 Å². The minimum atomic E-state index is 1.02. The maximum absolute atomic E-state index is 2.55. The maximum atomic E-state index is 2.55. The van der Waals surface area contributed by atoms with Gasteiger partial charge >= 0.3 is 0 Å². The highest BCUT2D eigenvalue weighted by Gasteiger charge is 2.25. The van der Waals surface area contributed by atoms with Gasteiger partial charge in [0.1, 0.15) is 0 Å². The van der Waals surface area contributed by atoms with Crippen LogP contribution in [0.4, 0.5) is 0 Å². The van der Waals surface area contributed by atoms with Crippen LogP contribution in [0.1, 0.15) is 135 Å². The molecule has 0 heterocycles. The second kappa shape index (κ2) is 14.8. The van der Waals surface area contributed by atoms with Crippen molar-refractivity contribution in [1.29, 1.82) is 0 Å². The molecule has 0 bridgehead atoms. The Morgan fingerprint density at radius 2 is 1.35 bits per heavy atom. The summed E-state index contributed by atoms with van der Waals surface area (Å²) in [6, 6.07) is 0. The van der Waals surface area contributed by atoms with E-state index in [4.69, 9.17) is 0 Å². The zero-order chi connectivity index (χ0) is 18.3. The van der Waals surface area contributed by atoms with Crippen molar-refractivity contribution in [3.8, 4) is 0 Å². The van der Waals surface area contributed by atoms with Crippen molar-refractivity contribution in [3.05, 3.63) is 12.2 Å². The predicted molar refractivity (Wildman–Crippen MR) is 118 cm³/mol. The Kier molecular flexibility index (Phi) is 12.5. The van der Waals surface area contributed by atoms with Gasteiger partial charge in [-0.05, 0) is 43.4 Å². The summed E-state index contributed by atoms with van der Waals surface area (Å²) in [5.41, 5.74) is 0. The summed E-state index contributed by atoms with van der Waals surface area (Å²) >= 11 is 0. The van der Waals surface area contributed by atoms with E-state index < -0.39 is 0 Å². The van der Waals surface area contributed by atoms with E-state index in [9.17, 15) is 0 Å². The molecule has 0 saturated heterocycles. The van der Waals surface area contributed by atoms with Crippen LogP contribution >= 0.6 is 0 Å². The Morgan fingerprint density at radius 1 is 0.615 bits per heavy atom. The summed E-state index contributed by atoms with van der Waals surface area (Å²) in [4.78, 5) is 0. The Morgan fingerprint density at radius 3 is 2.19 bits per heavy atom. The average molecular weight is 361 g/mol. The molecule has 0 aromatic carbocycles. The number of hydrogen-bond donors (Lipinski definition) is 0. The number of hydrogen-bond acceptors (Lipinski definition) is 0. The fourth-order valence-electron chi connectivity index (χ4n) is 5.55. The molecule has 0 spiro atoms. The molecule has 2 saturated carbocycles. The zero-order valence-corrected chi connectivity index (χ0v) is 18.0. The summed E-state index contributed by atoms with van der Waals surface area (Å²) in [6.07, 6.45) is 34.5. The second-order valence-electron chi connectivity index (χ2n) is 9.50. The Balaban J connectivity index is 1.45. The summed E-state index contributed by atoms with van der Waals surface area (Å²) in [5.74, 6) is 3.15. The largest absolute Gasteiger partial charge is 0.0885 e. The van der Waals surface area contributed by atoms with Crippen molar-refractivity contribution < 1.29 is 0 Å². The highest BCUT2D eigenvalue weighted by Crippen LogP contribution is 2.37. The van der Waals surface area contributed by atoms with Crippen molar-refractivity contribution in [3.63, 3.8) is 0 Å². The molecule has 26 heavy (non-hydrogen) atoms. The first-order valence-corrected chi connectivity index (χ1v) is 12.5. The molecule has 0 unspecified atom stereocenters. The molecule has 0 aromatic rings. The van der Waals surface area contributed by atoms with E-state index in [-0.39, 0.29) is 0 Å². The number of allylic oxidation sites excluding steroid dienone is 2. The summed E-state index contributed by atoms with van der Waals surface area (Å²) in [5, 5.41) is 0. The van der Waals surface area contributed by atoms with Gasteiger partial charge in [0.05, 0.1) is 0 Å². The highest BCUT2D eigenvalue weighted by atomic mass is 14.3. The van der Waals surface area contributed by atoms with Gasteiger partial charge in [0.25, 0.3) is 0 Å². The van der Waals surface area contributed by atoms with Gasteiger partial charge in [0, 0.05) is 0 Å². The third-order valence-electron chi connectivity index (χ3n) is 7.31. The standard InChI is InChI=1S/C26H48/c1-2-3-4-5-8-14-20-25-22-16-23-26(25)21-15-9-6-7-11-17-24-18-12-10-13-19-24/h9,15,24-26H,2-8,10-14,16-23H2,1H3/t25-,26-/m0/s1. The summed E-state index contributed by atoms with van der Waals surface area (Å²) in [7, 11) is 0. The van der Waals surface area contributed by atoms with Crippen LogP contribution in [0.15, 0.2) is 12.2 Å². The van der Waals surface area contributed by atoms with Crippen LogP contribution < -0.4 is 0 Å². The van der Waals surface area contributed by atoms with Crippen molar-refractivity contribution in [2.24, 2.45) is 17.8 Å². The van der Waals surface area contributed by atoms with Gasteiger partial charge in [-0.2, -0.15) is 0 Å². The van der Waals surface area contributed by atoms with Crippen LogP contribution in [-0.4, -0.2) is 0 Å². The van der Waals surface area contributed by atoms with Gasteiger partial charge in [-0.25, -0.2) is 0 Å². The quantitative estimate of drug-likeness (QED) is 0.214. The Hall–Kier alpha value is -0.260.